The summed E-state index contributed by atoms with van der Waals surface area (Å²) in [7, 11) is 0. The Labute approximate surface area is 93.0 Å². The number of benzene rings is 1. The van der Waals surface area contributed by atoms with E-state index in [1.54, 1.807) is 18.2 Å². The van der Waals surface area contributed by atoms with Gasteiger partial charge in [0.15, 0.2) is 0 Å². The normalized spacial score (nSPS) is 12.3. The van der Waals surface area contributed by atoms with Crippen LogP contribution in [0.2, 0.25) is 5.02 Å². The molecule has 0 saturated carbocycles. The van der Waals surface area contributed by atoms with Gasteiger partial charge in [0.1, 0.15) is 0 Å². The van der Waals surface area contributed by atoms with Crippen LogP contribution in [0.5, 0.6) is 0 Å². The number of amides is 1. The summed E-state index contributed by atoms with van der Waals surface area (Å²) >= 11 is 5.79. The number of hydrogen-bond donors (Lipinski definition) is 3. The van der Waals surface area contributed by atoms with E-state index in [9.17, 15) is 9.90 Å². The lowest BCUT2D eigenvalue weighted by molar-refractivity contribution is -0.114. The Morgan fingerprint density at radius 1 is 1.67 bits per heavy atom. The molecule has 1 aromatic carbocycles. The third-order valence-corrected chi connectivity index (χ3v) is 2.14. The van der Waals surface area contributed by atoms with Crippen molar-refractivity contribution in [2.45, 2.75) is 13.0 Å². The molecule has 0 aliphatic rings. The van der Waals surface area contributed by atoms with Crippen LogP contribution in [0.1, 0.15) is 18.6 Å². The van der Waals surface area contributed by atoms with Crippen molar-refractivity contribution in [2.75, 3.05) is 11.9 Å². The van der Waals surface area contributed by atoms with Gasteiger partial charge in [-0.15, -0.1) is 0 Å². The van der Waals surface area contributed by atoms with E-state index < -0.39 is 6.10 Å². The van der Waals surface area contributed by atoms with Gasteiger partial charge in [-0.1, -0.05) is 11.6 Å². The van der Waals surface area contributed by atoms with Crippen LogP contribution < -0.4 is 11.1 Å². The van der Waals surface area contributed by atoms with Crippen molar-refractivity contribution >= 4 is 23.2 Å². The summed E-state index contributed by atoms with van der Waals surface area (Å²) in [5.74, 6) is -0.206. The van der Waals surface area contributed by atoms with Crippen molar-refractivity contribution < 1.29 is 9.90 Å². The van der Waals surface area contributed by atoms with Crippen molar-refractivity contribution in [1.29, 1.82) is 0 Å². The van der Waals surface area contributed by atoms with Crippen molar-refractivity contribution in [3.8, 4) is 0 Å². The van der Waals surface area contributed by atoms with Gasteiger partial charge in [-0.3, -0.25) is 4.79 Å². The molecule has 1 unspecified atom stereocenters. The fraction of sp³-hybridized carbons (Fsp3) is 0.300. The van der Waals surface area contributed by atoms with Crippen LogP contribution in [0, 0.1) is 0 Å². The predicted octanol–water partition coefficient (Wildman–Crippen LogP) is 1.29. The van der Waals surface area contributed by atoms with Gasteiger partial charge in [-0.25, -0.2) is 0 Å². The van der Waals surface area contributed by atoms with Crippen LogP contribution in [0.25, 0.3) is 0 Å². The number of nitrogens with one attached hydrogen (secondary N) is 1. The molecule has 0 radical (unpaired) electrons. The average molecular weight is 229 g/mol. The standard InChI is InChI=1S/C10H13ClN2O2/c1-6(14)13-9-3-2-7(11)4-8(9)10(15)5-12/h2-4,10,15H,5,12H2,1H3,(H,13,14). The zero-order valence-electron chi connectivity index (χ0n) is 8.33. The van der Waals surface area contributed by atoms with Gasteiger partial charge in [0.05, 0.1) is 6.10 Å². The minimum atomic E-state index is -0.828. The summed E-state index contributed by atoms with van der Waals surface area (Å²) in [6.45, 7) is 1.47. The quantitative estimate of drug-likeness (QED) is 0.730. The van der Waals surface area contributed by atoms with Gasteiger partial charge < -0.3 is 16.2 Å². The highest BCUT2D eigenvalue weighted by molar-refractivity contribution is 6.30. The van der Waals surface area contributed by atoms with Crippen LogP contribution in [0.15, 0.2) is 18.2 Å². The Morgan fingerprint density at radius 3 is 2.87 bits per heavy atom. The first kappa shape index (κ1) is 12.0. The second kappa shape index (κ2) is 5.11. The van der Waals surface area contributed by atoms with E-state index >= 15 is 0 Å². The molecular formula is C10H13ClN2O2. The molecule has 0 fully saturated rings. The fourth-order valence-electron chi connectivity index (χ4n) is 1.24. The lowest BCUT2D eigenvalue weighted by Gasteiger charge is -2.14. The van der Waals surface area contributed by atoms with Gasteiger partial charge in [-0.05, 0) is 18.2 Å². The molecule has 0 spiro atoms. The number of nitrogens with two attached hydrogens (primary N) is 1. The summed E-state index contributed by atoms with van der Waals surface area (Å²) < 4.78 is 0. The van der Waals surface area contributed by atoms with Gasteiger partial charge in [0, 0.05) is 29.7 Å². The molecule has 15 heavy (non-hydrogen) atoms. The van der Waals surface area contributed by atoms with Crippen molar-refractivity contribution in [1.82, 2.24) is 0 Å². The first-order valence-corrected chi connectivity index (χ1v) is 4.87. The molecule has 0 saturated heterocycles. The highest BCUT2D eigenvalue weighted by Crippen LogP contribution is 2.26. The molecule has 4 N–H and O–H groups in total. The number of aliphatic hydroxyl groups is 1. The molecule has 0 aliphatic carbocycles. The average Bonchev–Trinajstić information content (AvgIpc) is 2.19. The van der Waals surface area contributed by atoms with E-state index in [-0.39, 0.29) is 12.5 Å². The van der Waals surface area contributed by atoms with E-state index in [0.29, 0.717) is 16.3 Å². The Balaban J connectivity index is 3.08. The highest BCUT2D eigenvalue weighted by atomic mass is 35.5. The monoisotopic (exact) mass is 228 g/mol. The maximum Gasteiger partial charge on any atom is 0.221 e. The van der Waals surface area contributed by atoms with Crippen molar-refractivity contribution in [3.63, 3.8) is 0 Å². The smallest absolute Gasteiger partial charge is 0.221 e. The Hall–Kier alpha value is -1.10. The third kappa shape index (κ3) is 3.20. The zero-order chi connectivity index (χ0) is 11.4. The van der Waals surface area contributed by atoms with E-state index in [4.69, 9.17) is 17.3 Å². The largest absolute Gasteiger partial charge is 0.387 e. The number of halogens is 1. The molecule has 82 valence electrons. The fourth-order valence-corrected chi connectivity index (χ4v) is 1.42. The van der Waals surface area contributed by atoms with Gasteiger partial charge in [0.2, 0.25) is 5.91 Å². The molecule has 4 nitrogen and oxygen atoms in total. The Bertz CT molecular complexity index is 368. The molecule has 0 bridgehead atoms. The van der Waals surface area contributed by atoms with E-state index in [1.165, 1.54) is 6.92 Å². The summed E-state index contributed by atoms with van der Waals surface area (Å²) in [4.78, 5) is 10.9. The zero-order valence-corrected chi connectivity index (χ0v) is 9.08. The molecule has 1 amide bonds. The first-order valence-electron chi connectivity index (χ1n) is 4.49. The van der Waals surface area contributed by atoms with Crippen molar-refractivity contribution in [3.05, 3.63) is 28.8 Å². The molecule has 0 heterocycles. The number of carbonyl (C=O) groups excluding carboxylic acids is 1. The number of anilines is 1. The predicted molar refractivity (Wildman–Crippen MR) is 59.8 cm³/mol. The number of carbonyl (C=O) groups is 1. The van der Waals surface area contributed by atoms with Crippen LogP contribution in [-0.2, 0) is 4.79 Å². The second-order valence-electron chi connectivity index (χ2n) is 3.16. The van der Waals surface area contributed by atoms with Crippen LogP contribution in [-0.4, -0.2) is 17.6 Å². The summed E-state index contributed by atoms with van der Waals surface area (Å²) in [5.41, 5.74) is 6.41. The Kier molecular flexibility index (Phi) is 4.08. The lowest BCUT2D eigenvalue weighted by atomic mass is 10.1. The minimum absolute atomic E-state index is 0.0763. The third-order valence-electron chi connectivity index (χ3n) is 1.91. The van der Waals surface area contributed by atoms with E-state index in [2.05, 4.69) is 5.32 Å². The van der Waals surface area contributed by atoms with Gasteiger partial charge in [-0.2, -0.15) is 0 Å². The molecule has 1 aromatic rings. The highest BCUT2D eigenvalue weighted by Gasteiger charge is 2.12. The van der Waals surface area contributed by atoms with Crippen LogP contribution in [0.4, 0.5) is 5.69 Å². The SMILES string of the molecule is CC(=O)Nc1ccc(Cl)cc1C(O)CN. The number of hydrogen-bond acceptors (Lipinski definition) is 3. The lowest BCUT2D eigenvalue weighted by Crippen LogP contribution is -2.15. The molecule has 0 aromatic heterocycles. The van der Waals surface area contributed by atoms with E-state index in [1.807, 2.05) is 0 Å². The number of aliphatic hydroxyl groups excluding tert-OH is 1. The van der Waals surface area contributed by atoms with Crippen LogP contribution >= 0.6 is 11.6 Å². The van der Waals surface area contributed by atoms with Gasteiger partial charge >= 0.3 is 0 Å². The molecular weight excluding hydrogens is 216 g/mol. The summed E-state index contributed by atoms with van der Waals surface area (Å²) in [6.07, 6.45) is -0.828. The molecule has 0 aliphatic heterocycles. The molecule has 1 rings (SSSR count). The van der Waals surface area contributed by atoms with Crippen LogP contribution in [0.3, 0.4) is 0 Å². The first-order chi connectivity index (χ1) is 7.04. The summed E-state index contributed by atoms with van der Waals surface area (Å²) in [5, 5.41) is 12.7. The maximum absolute atomic E-state index is 10.9. The molecule has 5 heteroatoms. The van der Waals surface area contributed by atoms with E-state index in [0.717, 1.165) is 0 Å². The maximum atomic E-state index is 10.9. The second-order valence-corrected chi connectivity index (χ2v) is 3.60. The molecule has 1 atom stereocenters. The minimum Gasteiger partial charge on any atom is -0.387 e. The van der Waals surface area contributed by atoms with Gasteiger partial charge in [0.25, 0.3) is 0 Å². The number of rotatable bonds is 3. The topological polar surface area (TPSA) is 75.3 Å². The Morgan fingerprint density at radius 2 is 2.33 bits per heavy atom. The van der Waals surface area contributed by atoms with Crippen molar-refractivity contribution in [2.24, 2.45) is 5.73 Å². The summed E-state index contributed by atoms with van der Waals surface area (Å²) in [6, 6.07) is 4.86.